The van der Waals surface area contributed by atoms with Crippen molar-refractivity contribution in [2.45, 2.75) is 13.0 Å². The van der Waals surface area contributed by atoms with E-state index in [1.165, 1.54) is 6.21 Å². The van der Waals surface area contributed by atoms with Crippen LogP contribution in [-0.4, -0.2) is 28.2 Å². The lowest BCUT2D eigenvalue weighted by Gasteiger charge is -2.14. The van der Waals surface area contributed by atoms with Gasteiger partial charge in [0.15, 0.2) is 6.10 Å². The highest BCUT2D eigenvalue weighted by Crippen LogP contribution is 2.28. The van der Waals surface area contributed by atoms with Gasteiger partial charge in [-0.25, -0.2) is 10.4 Å². The van der Waals surface area contributed by atoms with Gasteiger partial charge in [0.1, 0.15) is 11.4 Å². The van der Waals surface area contributed by atoms with E-state index in [4.69, 9.17) is 27.9 Å². The van der Waals surface area contributed by atoms with Crippen molar-refractivity contribution in [1.82, 2.24) is 15.4 Å². The Bertz CT molecular complexity index is 978. The van der Waals surface area contributed by atoms with Gasteiger partial charge in [0.25, 0.3) is 5.91 Å². The third-order valence-corrected chi connectivity index (χ3v) is 3.94. The third kappa shape index (κ3) is 4.47. The predicted molar refractivity (Wildman–Crippen MR) is 102 cm³/mol. The number of hydrogen-bond donors (Lipinski definition) is 1. The highest BCUT2D eigenvalue weighted by molar-refractivity contribution is 6.35. The maximum atomic E-state index is 12.1. The first-order valence-electron chi connectivity index (χ1n) is 7.69. The number of carbonyl (C=O) groups is 1. The minimum absolute atomic E-state index is 0.326. The molecule has 26 heavy (non-hydrogen) atoms. The Morgan fingerprint density at radius 3 is 2.77 bits per heavy atom. The number of carbonyl (C=O) groups excluding carboxylic acids is 1. The van der Waals surface area contributed by atoms with Gasteiger partial charge in [-0.1, -0.05) is 35.3 Å². The molecule has 0 bridgehead atoms. The number of ether oxygens (including phenoxy) is 1. The number of nitrogens with zero attached hydrogens (tertiary/aromatic N) is 3. The summed E-state index contributed by atoms with van der Waals surface area (Å²) < 4.78 is 5.52. The maximum absolute atomic E-state index is 12.1. The number of fused-ring (bicyclic) bond motifs is 1. The molecule has 0 aliphatic rings. The van der Waals surface area contributed by atoms with Gasteiger partial charge in [0.05, 0.1) is 28.5 Å². The monoisotopic (exact) mass is 388 g/mol. The zero-order chi connectivity index (χ0) is 18.5. The smallest absolute Gasteiger partial charge is 0.280 e. The molecule has 1 N–H and O–H groups in total. The topological polar surface area (TPSA) is 76.5 Å². The SMILES string of the molecule is C[C@@H](Oc1ccc(Cl)cc1Cl)C(=O)N/N=C\c1cnc2ccccc2n1. The molecule has 1 amide bonds. The first-order chi connectivity index (χ1) is 12.5. The lowest BCUT2D eigenvalue weighted by molar-refractivity contribution is -0.127. The fourth-order valence-electron chi connectivity index (χ4n) is 2.10. The molecule has 0 aliphatic carbocycles. The van der Waals surface area contributed by atoms with Gasteiger partial charge in [0, 0.05) is 5.02 Å². The standard InChI is InChI=1S/C18H14Cl2N4O2/c1-11(26-17-7-6-12(19)8-14(17)20)18(25)24-22-10-13-9-21-15-4-2-3-5-16(15)23-13/h2-11H,1H3,(H,24,25)/b22-10-/t11-/m1/s1. The van der Waals surface area contributed by atoms with Crippen molar-refractivity contribution in [3.05, 3.63) is 64.4 Å². The number of halogens is 2. The van der Waals surface area contributed by atoms with Gasteiger partial charge in [-0.2, -0.15) is 5.10 Å². The summed E-state index contributed by atoms with van der Waals surface area (Å²) in [5.41, 5.74) is 4.46. The summed E-state index contributed by atoms with van der Waals surface area (Å²) in [4.78, 5) is 20.7. The van der Waals surface area contributed by atoms with Crippen LogP contribution in [0.25, 0.3) is 11.0 Å². The van der Waals surface area contributed by atoms with E-state index in [1.54, 1.807) is 31.3 Å². The molecule has 1 aromatic heterocycles. The first-order valence-corrected chi connectivity index (χ1v) is 8.45. The second-order valence-electron chi connectivity index (χ2n) is 5.35. The highest BCUT2D eigenvalue weighted by atomic mass is 35.5. The van der Waals surface area contributed by atoms with E-state index < -0.39 is 12.0 Å². The molecule has 8 heteroatoms. The molecule has 0 radical (unpaired) electrons. The fourth-order valence-corrected chi connectivity index (χ4v) is 2.55. The number of nitrogens with one attached hydrogen (secondary N) is 1. The average molecular weight is 389 g/mol. The Morgan fingerprint density at radius 2 is 2.00 bits per heavy atom. The normalized spacial score (nSPS) is 12.3. The van der Waals surface area contributed by atoms with Crippen molar-refractivity contribution in [2.24, 2.45) is 5.10 Å². The van der Waals surface area contributed by atoms with Gasteiger partial charge in [-0.05, 0) is 37.3 Å². The first kappa shape index (κ1) is 18.1. The molecule has 6 nitrogen and oxygen atoms in total. The van der Waals surface area contributed by atoms with Crippen LogP contribution in [0.15, 0.2) is 53.8 Å². The highest BCUT2D eigenvalue weighted by Gasteiger charge is 2.15. The summed E-state index contributed by atoms with van der Waals surface area (Å²) >= 11 is 11.9. The van der Waals surface area contributed by atoms with E-state index in [2.05, 4.69) is 20.5 Å². The Morgan fingerprint density at radius 1 is 1.23 bits per heavy atom. The number of hydrogen-bond acceptors (Lipinski definition) is 5. The molecule has 2 aromatic carbocycles. The number of amides is 1. The summed E-state index contributed by atoms with van der Waals surface area (Å²) in [5, 5.41) is 4.70. The maximum Gasteiger partial charge on any atom is 0.280 e. The molecular weight excluding hydrogens is 375 g/mol. The molecule has 1 heterocycles. The molecule has 0 aliphatic heterocycles. The summed E-state index contributed by atoms with van der Waals surface area (Å²) in [6, 6.07) is 12.3. The van der Waals surface area contributed by atoms with Crippen molar-refractivity contribution in [3.63, 3.8) is 0 Å². The van der Waals surface area contributed by atoms with Crippen LogP contribution in [0.5, 0.6) is 5.75 Å². The van der Waals surface area contributed by atoms with Crippen molar-refractivity contribution in [1.29, 1.82) is 0 Å². The molecule has 0 fully saturated rings. The van der Waals surface area contributed by atoms with Crippen LogP contribution in [0.1, 0.15) is 12.6 Å². The van der Waals surface area contributed by atoms with Gasteiger partial charge >= 0.3 is 0 Å². The van der Waals surface area contributed by atoms with E-state index in [-0.39, 0.29) is 0 Å². The third-order valence-electron chi connectivity index (χ3n) is 3.41. The average Bonchev–Trinajstić information content (AvgIpc) is 2.63. The summed E-state index contributed by atoms with van der Waals surface area (Å²) in [6.45, 7) is 1.59. The van der Waals surface area contributed by atoms with E-state index in [0.29, 0.717) is 21.5 Å². The second kappa shape index (κ2) is 8.12. The summed E-state index contributed by atoms with van der Waals surface area (Å²) in [6.07, 6.45) is 2.19. The van der Waals surface area contributed by atoms with Crippen LogP contribution in [0.4, 0.5) is 0 Å². The molecule has 3 aromatic rings. The molecule has 132 valence electrons. The zero-order valence-electron chi connectivity index (χ0n) is 13.7. The largest absolute Gasteiger partial charge is 0.479 e. The van der Waals surface area contributed by atoms with Gasteiger partial charge < -0.3 is 4.74 Å². The van der Waals surface area contributed by atoms with Crippen molar-refractivity contribution in [3.8, 4) is 5.75 Å². The fraction of sp³-hybridized carbons (Fsp3) is 0.111. The Kier molecular flexibility index (Phi) is 5.65. The second-order valence-corrected chi connectivity index (χ2v) is 6.20. The molecule has 0 unspecified atom stereocenters. The van der Waals surface area contributed by atoms with Crippen LogP contribution in [0, 0.1) is 0 Å². The minimum atomic E-state index is -0.798. The molecule has 0 spiro atoms. The van der Waals surface area contributed by atoms with Gasteiger partial charge in [-0.15, -0.1) is 0 Å². The van der Waals surface area contributed by atoms with Gasteiger partial charge in [-0.3, -0.25) is 9.78 Å². The van der Waals surface area contributed by atoms with Crippen LogP contribution in [0.3, 0.4) is 0 Å². The van der Waals surface area contributed by atoms with E-state index in [0.717, 1.165) is 11.0 Å². The number of hydrazone groups is 1. The summed E-state index contributed by atoms with van der Waals surface area (Å²) in [7, 11) is 0. The lowest BCUT2D eigenvalue weighted by Crippen LogP contribution is -2.33. The van der Waals surface area contributed by atoms with Crippen molar-refractivity contribution in [2.75, 3.05) is 0 Å². The number of aromatic nitrogens is 2. The van der Waals surface area contributed by atoms with E-state index >= 15 is 0 Å². The number of rotatable bonds is 5. The molecule has 1 atom stereocenters. The van der Waals surface area contributed by atoms with Crippen molar-refractivity contribution >= 4 is 46.4 Å². The molecular formula is C18H14Cl2N4O2. The van der Waals surface area contributed by atoms with E-state index in [1.807, 2.05) is 24.3 Å². The zero-order valence-corrected chi connectivity index (χ0v) is 15.2. The molecule has 3 rings (SSSR count). The van der Waals surface area contributed by atoms with Crippen LogP contribution in [0.2, 0.25) is 10.0 Å². The minimum Gasteiger partial charge on any atom is -0.479 e. The molecule has 0 saturated heterocycles. The van der Waals surface area contributed by atoms with E-state index in [9.17, 15) is 4.79 Å². The van der Waals surface area contributed by atoms with Crippen LogP contribution < -0.4 is 10.2 Å². The van der Waals surface area contributed by atoms with Crippen LogP contribution >= 0.6 is 23.2 Å². The number of para-hydroxylation sites is 2. The van der Waals surface area contributed by atoms with Crippen molar-refractivity contribution < 1.29 is 9.53 Å². The summed E-state index contributed by atoms with van der Waals surface area (Å²) in [5.74, 6) is -0.0656. The molecule has 0 saturated carbocycles. The predicted octanol–water partition coefficient (Wildman–Crippen LogP) is 3.85. The Balaban J connectivity index is 1.60. The Labute approximate surface area is 159 Å². The lowest BCUT2D eigenvalue weighted by atomic mass is 10.3. The van der Waals surface area contributed by atoms with Crippen LogP contribution in [-0.2, 0) is 4.79 Å². The number of benzene rings is 2. The Hall–Kier alpha value is -2.70. The quantitative estimate of drug-likeness (QED) is 0.531. The van der Waals surface area contributed by atoms with Gasteiger partial charge in [0.2, 0.25) is 0 Å².